The summed E-state index contributed by atoms with van der Waals surface area (Å²) >= 11 is 0. The van der Waals surface area contributed by atoms with E-state index in [0.29, 0.717) is 28.6 Å². The van der Waals surface area contributed by atoms with Crippen LogP contribution in [0, 0.1) is 12.8 Å². The summed E-state index contributed by atoms with van der Waals surface area (Å²) in [6.07, 6.45) is -0.721. The van der Waals surface area contributed by atoms with Gasteiger partial charge in [-0.15, -0.1) is 0 Å². The Morgan fingerprint density at radius 3 is 2.52 bits per heavy atom. The fraction of sp³-hybridized carbons (Fsp3) is 0.250. The molecule has 0 bridgehead atoms. The molecule has 0 aliphatic heterocycles. The minimum absolute atomic E-state index is 0.327. The van der Waals surface area contributed by atoms with E-state index < -0.39 is 23.6 Å². The number of rotatable bonds is 2. The lowest BCUT2D eigenvalue weighted by Gasteiger charge is -2.11. The zero-order valence-corrected chi connectivity index (χ0v) is 12.1. The van der Waals surface area contributed by atoms with Gasteiger partial charge in [0.2, 0.25) is 0 Å². The molecule has 1 atom stereocenters. The molecule has 1 aromatic carbocycles. The second-order valence-electron chi connectivity index (χ2n) is 5.36. The Morgan fingerprint density at radius 1 is 1.30 bits per heavy atom. The number of nitrogens with zero attached hydrogens (tertiary/aromatic N) is 2. The molecule has 120 valence electrons. The molecule has 1 unspecified atom stereocenters. The van der Waals surface area contributed by atoms with Crippen LogP contribution in [0.5, 0.6) is 0 Å². The molecule has 1 heterocycles. The fourth-order valence-electron chi connectivity index (χ4n) is 2.68. The summed E-state index contributed by atoms with van der Waals surface area (Å²) in [5, 5.41) is 10.3. The lowest BCUT2D eigenvalue weighted by atomic mass is 10.0. The van der Waals surface area contributed by atoms with Crippen molar-refractivity contribution in [3.05, 3.63) is 46.4 Å². The number of hydrogen-bond donors (Lipinski definition) is 1. The minimum atomic E-state index is -4.38. The number of carbonyl (C=O) groups is 1. The van der Waals surface area contributed by atoms with Crippen LogP contribution in [0.2, 0.25) is 0 Å². The number of carboxylic acid groups (broad SMARTS) is 1. The van der Waals surface area contributed by atoms with Gasteiger partial charge in [-0.3, -0.25) is 9.36 Å². The number of halogens is 3. The predicted molar refractivity (Wildman–Crippen MR) is 77.2 cm³/mol. The van der Waals surface area contributed by atoms with E-state index in [9.17, 15) is 18.0 Å². The van der Waals surface area contributed by atoms with Gasteiger partial charge >= 0.3 is 12.1 Å². The second kappa shape index (κ2) is 5.26. The maximum atomic E-state index is 12.6. The molecular weight excluding hydrogens is 309 g/mol. The van der Waals surface area contributed by atoms with Crippen molar-refractivity contribution in [3.63, 3.8) is 0 Å². The Kier molecular flexibility index (Phi) is 3.50. The number of aryl methyl sites for hydroxylation is 1. The summed E-state index contributed by atoms with van der Waals surface area (Å²) in [5.41, 5.74) is -0.156. The van der Waals surface area contributed by atoms with Crippen LogP contribution in [0.25, 0.3) is 17.8 Å². The van der Waals surface area contributed by atoms with Crippen molar-refractivity contribution in [3.8, 4) is 5.69 Å². The van der Waals surface area contributed by atoms with Crippen LogP contribution in [-0.4, -0.2) is 20.6 Å². The standard InChI is InChI=1S/C16H13F3N2O2/c1-9-20-13-8-10(15(22)23)2-7-14(13)21(9)12-5-3-11(4-6-12)16(17,18)19/h3-8,10H,2H2,1H3,(H,22,23). The molecule has 23 heavy (non-hydrogen) atoms. The number of imidazole rings is 1. The smallest absolute Gasteiger partial charge is 0.416 e. The van der Waals surface area contributed by atoms with Gasteiger partial charge in [-0.05, 0) is 43.7 Å². The lowest BCUT2D eigenvalue weighted by Crippen LogP contribution is -2.34. The third kappa shape index (κ3) is 2.74. The molecule has 7 heteroatoms. The summed E-state index contributed by atoms with van der Waals surface area (Å²) < 4.78 is 39.7. The Morgan fingerprint density at radius 2 is 1.96 bits per heavy atom. The molecule has 0 fully saturated rings. The molecule has 4 nitrogen and oxygen atoms in total. The minimum Gasteiger partial charge on any atom is -0.481 e. The zero-order valence-electron chi connectivity index (χ0n) is 12.1. The molecular formula is C16H13F3N2O2. The predicted octanol–water partition coefficient (Wildman–Crippen LogP) is 1.87. The monoisotopic (exact) mass is 322 g/mol. The summed E-state index contributed by atoms with van der Waals surface area (Å²) in [5.74, 6) is -0.959. The summed E-state index contributed by atoms with van der Waals surface area (Å²) in [6.45, 7) is 1.73. The molecule has 1 aromatic heterocycles. The second-order valence-corrected chi connectivity index (χ2v) is 5.36. The Bertz CT molecular complexity index is 880. The third-order valence-corrected chi connectivity index (χ3v) is 3.80. The zero-order chi connectivity index (χ0) is 16.8. The van der Waals surface area contributed by atoms with Crippen LogP contribution in [0.3, 0.4) is 0 Å². The lowest BCUT2D eigenvalue weighted by molar-refractivity contribution is -0.139. The maximum absolute atomic E-state index is 12.6. The number of alkyl halides is 3. The van der Waals surface area contributed by atoms with Gasteiger partial charge in [0, 0.05) is 5.69 Å². The van der Waals surface area contributed by atoms with Crippen LogP contribution in [-0.2, 0) is 11.0 Å². The van der Waals surface area contributed by atoms with E-state index in [1.807, 2.05) is 0 Å². The number of carboxylic acids is 1. The van der Waals surface area contributed by atoms with E-state index in [-0.39, 0.29) is 0 Å². The van der Waals surface area contributed by atoms with Crippen molar-refractivity contribution in [1.82, 2.24) is 9.55 Å². The van der Waals surface area contributed by atoms with Crippen LogP contribution in [0.15, 0.2) is 24.3 Å². The van der Waals surface area contributed by atoms with Crippen molar-refractivity contribution in [1.29, 1.82) is 0 Å². The number of fused-ring (bicyclic) bond motifs is 1. The molecule has 1 N–H and O–H groups in total. The van der Waals surface area contributed by atoms with E-state index in [0.717, 1.165) is 12.1 Å². The average molecular weight is 322 g/mol. The van der Waals surface area contributed by atoms with E-state index in [1.54, 1.807) is 23.6 Å². The van der Waals surface area contributed by atoms with Gasteiger partial charge in [-0.2, -0.15) is 13.2 Å². The quantitative estimate of drug-likeness (QED) is 0.918. The highest BCUT2D eigenvalue weighted by Gasteiger charge is 2.30. The highest BCUT2D eigenvalue weighted by Crippen LogP contribution is 2.29. The average Bonchev–Trinajstić information content (AvgIpc) is 2.81. The first-order valence-electron chi connectivity index (χ1n) is 6.95. The van der Waals surface area contributed by atoms with Gasteiger partial charge < -0.3 is 5.11 Å². The first kappa shape index (κ1) is 15.3. The van der Waals surface area contributed by atoms with E-state index >= 15 is 0 Å². The first-order valence-corrected chi connectivity index (χ1v) is 6.95. The molecule has 3 rings (SSSR count). The van der Waals surface area contributed by atoms with Crippen LogP contribution < -0.4 is 10.7 Å². The summed E-state index contributed by atoms with van der Waals surface area (Å²) in [6, 6.07) is 4.81. The first-order chi connectivity index (χ1) is 10.8. The Balaban J connectivity index is 2.10. The van der Waals surface area contributed by atoms with Gasteiger partial charge in [0.1, 0.15) is 5.82 Å². The molecule has 1 aliphatic rings. The van der Waals surface area contributed by atoms with Gasteiger partial charge in [0.25, 0.3) is 0 Å². The van der Waals surface area contributed by atoms with Crippen molar-refractivity contribution in [2.75, 3.05) is 0 Å². The van der Waals surface area contributed by atoms with Crippen molar-refractivity contribution in [2.45, 2.75) is 19.5 Å². The van der Waals surface area contributed by atoms with Gasteiger partial charge in [-0.25, -0.2) is 4.98 Å². The summed E-state index contributed by atoms with van der Waals surface area (Å²) in [7, 11) is 0. The highest BCUT2D eigenvalue weighted by atomic mass is 19.4. The maximum Gasteiger partial charge on any atom is 0.416 e. The fourth-order valence-corrected chi connectivity index (χ4v) is 2.68. The topological polar surface area (TPSA) is 55.1 Å². The SMILES string of the molecule is Cc1nc2c(n1-c1ccc(C(F)(F)F)cc1)=CCC(C(=O)O)C=2. The van der Waals surface area contributed by atoms with Gasteiger partial charge in [0.05, 0.1) is 22.2 Å². The Labute approximate surface area is 129 Å². The van der Waals surface area contributed by atoms with Crippen LogP contribution >= 0.6 is 0 Å². The normalized spacial score (nSPS) is 17.1. The largest absolute Gasteiger partial charge is 0.481 e. The van der Waals surface area contributed by atoms with Crippen LogP contribution in [0.1, 0.15) is 17.8 Å². The molecule has 0 saturated carbocycles. The number of aromatic nitrogens is 2. The molecule has 0 radical (unpaired) electrons. The third-order valence-electron chi connectivity index (χ3n) is 3.80. The Hall–Kier alpha value is -2.57. The van der Waals surface area contributed by atoms with Crippen molar-refractivity contribution >= 4 is 18.1 Å². The highest BCUT2D eigenvalue weighted by molar-refractivity contribution is 5.78. The molecule has 0 amide bonds. The number of benzene rings is 1. The molecule has 1 aliphatic carbocycles. The molecule has 0 saturated heterocycles. The van der Waals surface area contributed by atoms with Crippen molar-refractivity contribution in [2.24, 2.45) is 5.92 Å². The van der Waals surface area contributed by atoms with E-state index in [4.69, 9.17) is 5.11 Å². The van der Waals surface area contributed by atoms with E-state index in [1.165, 1.54) is 12.1 Å². The molecule has 0 spiro atoms. The van der Waals surface area contributed by atoms with Crippen molar-refractivity contribution < 1.29 is 23.1 Å². The van der Waals surface area contributed by atoms with E-state index in [2.05, 4.69) is 4.98 Å². The number of aliphatic carboxylic acids is 1. The van der Waals surface area contributed by atoms with Gasteiger partial charge in [0.15, 0.2) is 0 Å². The summed E-state index contributed by atoms with van der Waals surface area (Å²) in [4.78, 5) is 15.4. The number of hydrogen-bond acceptors (Lipinski definition) is 2. The molecule has 2 aromatic rings. The van der Waals surface area contributed by atoms with Gasteiger partial charge in [-0.1, -0.05) is 6.08 Å². The van der Waals surface area contributed by atoms with Crippen LogP contribution in [0.4, 0.5) is 13.2 Å².